The highest BCUT2D eigenvalue weighted by Crippen LogP contribution is 2.41. The van der Waals surface area contributed by atoms with Crippen molar-refractivity contribution in [1.82, 2.24) is 9.55 Å². The molecule has 0 spiro atoms. The summed E-state index contributed by atoms with van der Waals surface area (Å²) in [4.78, 5) is 3.96. The predicted octanol–water partition coefficient (Wildman–Crippen LogP) is 3.49. The van der Waals surface area contributed by atoms with E-state index in [1.54, 1.807) is 37.3 Å². The van der Waals surface area contributed by atoms with Crippen molar-refractivity contribution in [2.75, 3.05) is 11.4 Å². The first-order valence-corrected chi connectivity index (χ1v) is 9.79. The molecule has 0 N–H and O–H groups in total. The second-order valence-corrected chi connectivity index (χ2v) is 8.36. The number of nitrogens with zero attached hydrogens (tertiary/aromatic N) is 3. The third-order valence-electron chi connectivity index (χ3n) is 4.73. The highest BCUT2D eigenvalue weighted by atomic mass is 32.2. The summed E-state index contributed by atoms with van der Waals surface area (Å²) in [6.45, 7) is 1.19. The van der Waals surface area contributed by atoms with Gasteiger partial charge in [0, 0.05) is 6.07 Å². The number of hydrogen-bond donors (Lipinski definition) is 0. The van der Waals surface area contributed by atoms with Gasteiger partial charge in [-0.05, 0) is 31.2 Å². The summed E-state index contributed by atoms with van der Waals surface area (Å²) in [6, 6.07) is 8.18. The first-order chi connectivity index (χ1) is 13.1. The summed E-state index contributed by atoms with van der Waals surface area (Å²) >= 11 is 0. The van der Waals surface area contributed by atoms with Crippen LogP contribution in [0.5, 0.6) is 5.75 Å². The van der Waals surface area contributed by atoms with Crippen LogP contribution in [0, 0.1) is 6.92 Å². The van der Waals surface area contributed by atoms with Crippen LogP contribution in [0.25, 0.3) is 11.0 Å². The number of alkyl halides is 3. The zero-order valence-electron chi connectivity index (χ0n) is 14.9. The van der Waals surface area contributed by atoms with Crippen LogP contribution in [0.15, 0.2) is 47.4 Å². The van der Waals surface area contributed by atoms with E-state index >= 15 is 0 Å². The van der Waals surface area contributed by atoms with Crippen molar-refractivity contribution in [3.63, 3.8) is 0 Å². The third kappa shape index (κ3) is 2.79. The Morgan fingerprint density at radius 1 is 1.14 bits per heavy atom. The predicted molar refractivity (Wildman–Crippen MR) is 97.0 cm³/mol. The Morgan fingerprint density at radius 2 is 1.82 bits per heavy atom. The van der Waals surface area contributed by atoms with E-state index in [4.69, 9.17) is 4.74 Å². The van der Waals surface area contributed by atoms with Gasteiger partial charge < -0.3 is 9.30 Å². The van der Waals surface area contributed by atoms with Crippen LogP contribution in [-0.2, 0) is 16.6 Å². The van der Waals surface area contributed by atoms with Crippen molar-refractivity contribution in [3.8, 4) is 5.75 Å². The quantitative estimate of drug-likeness (QED) is 0.662. The van der Waals surface area contributed by atoms with Crippen molar-refractivity contribution in [3.05, 3.63) is 48.0 Å². The number of imidazole rings is 1. The normalized spacial score (nSPS) is 17.2. The first kappa shape index (κ1) is 18.6. The molecule has 3 aromatic rings. The van der Waals surface area contributed by atoms with Crippen molar-refractivity contribution in [1.29, 1.82) is 0 Å². The van der Waals surface area contributed by atoms with E-state index < -0.39 is 28.8 Å². The molecule has 1 atom stereocenters. The van der Waals surface area contributed by atoms with Crippen LogP contribution in [0.4, 0.5) is 19.1 Å². The third-order valence-corrected chi connectivity index (χ3v) is 6.53. The maximum absolute atomic E-state index is 13.7. The Bertz CT molecular complexity index is 1150. The van der Waals surface area contributed by atoms with Gasteiger partial charge in [-0.1, -0.05) is 17.7 Å². The molecule has 2 heterocycles. The summed E-state index contributed by atoms with van der Waals surface area (Å²) in [5.74, 6) is 0.185. The van der Waals surface area contributed by atoms with Crippen LogP contribution in [0.2, 0.25) is 0 Å². The molecule has 1 aliphatic heterocycles. The molecular formula is C18H16F3N3O3S. The van der Waals surface area contributed by atoms with Crippen molar-refractivity contribution >= 4 is 27.0 Å². The lowest BCUT2D eigenvalue weighted by molar-refractivity contribution is -0.145. The highest BCUT2D eigenvalue weighted by molar-refractivity contribution is 7.92. The molecule has 0 saturated carbocycles. The molecule has 6 nitrogen and oxygen atoms in total. The first-order valence-electron chi connectivity index (χ1n) is 8.35. The Morgan fingerprint density at radius 3 is 2.43 bits per heavy atom. The second-order valence-electron chi connectivity index (χ2n) is 6.55. The molecule has 0 fully saturated rings. The van der Waals surface area contributed by atoms with Crippen LogP contribution < -0.4 is 9.04 Å². The lowest BCUT2D eigenvalue weighted by atomic mass is 10.2. The van der Waals surface area contributed by atoms with E-state index in [0.717, 1.165) is 5.56 Å². The fraction of sp³-hybridized carbons (Fsp3) is 0.278. The maximum Gasteiger partial charge on any atom is 0.411 e. The zero-order chi connectivity index (χ0) is 20.3. The number of rotatable bonds is 3. The number of fused-ring (bicyclic) bond motifs is 3. The standard InChI is InChI=1S/C18H16F3N3O3S/c1-11-3-6-13(7-4-11)28(25,26)24-16(18(19,20)21)10-23-15-9-12(27-2)5-8-14(15)22-17(23)24/h3-9,16H,10H2,1-2H3. The van der Waals surface area contributed by atoms with Gasteiger partial charge in [-0.25, -0.2) is 17.7 Å². The Hall–Kier alpha value is -2.75. The van der Waals surface area contributed by atoms with Crippen LogP contribution in [-0.4, -0.2) is 37.3 Å². The van der Waals surface area contributed by atoms with Gasteiger partial charge in [0.15, 0.2) is 6.04 Å². The highest BCUT2D eigenvalue weighted by Gasteiger charge is 2.54. The molecule has 1 aromatic heterocycles. The molecule has 1 aliphatic rings. The van der Waals surface area contributed by atoms with Gasteiger partial charge in [0.1, 0.15) is 5.75 Å². The van der Waals surface area contributed by atoms with Gasteiger partial charge in [0.25, 0.3) is 10.0 Å². The minimum Gasteiger partial charge on any atom is -0.497 e. The number of aryl methyl sites for hydroxylation is 1. The molecule has 0 amide bonds. The molecule has 0 bridgehead atoms. The average Bonchev–Trinajstić information content (AvgIpc) is 3.17. The number of sulfonamides is 1. The van der Waals surface area contributed by atoms with E-state index in [-0.39, 0.29) is 10.8 Å². The Kier molecular flexibility index (Phi) is 4.07. The summed E-state index contributed by atoms with van der Waals surface area (Å²) in [6.07, 6.45) is -4.76. The van der Waals surface area contributed by atoms with Gasteiger partial charge in [-0.3, -0.25) is 0 Å². The molecule has 148 valence electrons. The number of hydrogen-bond acceptors (Lipinski definition) is 4. The monoisotopic (exact) mass is 411 g/mol. The molecule has 0 radical (unpaired) electrons. The number of benzene rings is 2. The van der Waals surface area contributed by atoms with Gasteiger partial charge >= 0.3 is 6.18 Å². The second kappa shape index (κ2) is 6.13. The smallest absolute Gasteiger partial charge is 0.411 e. The lowest BCUT2D eigenvalue weighted by Gasteiger charge is -2.26. The number of methoxy groups -OCH3 is 1. The lowest BCUT2D eigenvalue weighted by Crippen LogP contribution is -2.47. The molecular weight excluding hydrogens is 395 g/mol. The number of anilines is 1. The topological polar surface area (TPSA) is 64.4 Å². The van der Waals surface area contributed by atoms with E-state index in [1.165, 1.54) is 23.8 Å². The minimum absolute atomic E-state index is 0.217. The number of ether oxygens (including phenoxy) is 1. The van der Waals surface area contributed by atoms with Crippen LogP contribution in [0.1, 0.15) is 5.56 Å². The fourth-order valence-corrected chi connectivity index (χ4v) is 4.87. The van der Waals surface area contributed by atoms with Gasteiger partial charge in [0.05, 0.1) is 29.6 Å². The summed E-state index contributed by atoms with van der Waals surface area (Å²) in [7, 11) is -3.03. The SMILES string of the molecule is COc1ccc2nc3n(c2c1)CC(C(F)(F)F)N3S(=O)(=O)c1ccc(C)cc1. The van der Waals surface area contributed by atoms with E-state index in [2.05, 4.69) is 4.98 Å². The zero-order valence-corrected chi connectivity index (χ0v) is 15.8. The molecule has 10 heteroatoms. The van der Waals surface area contributed by atoms with Crippen molar-refractivity contribution in [2.45, 2.75) is 30.6 Å². The molecule has 28 heavy (non-hydrogen) atoms. The molecule has 0 saturated heterocycles. The minimum atomic E-state index is -4.76. The number of halogens is 3. The van der Waals surface area contributed by atoms with Gasteiger partial charge in [-0.2, -0.15) is 13.2 Å². The Balaban J connectivity index is 1.92. The number of aromatic nitrogens is 2. The molecule has 4 rings (SSSR count). The van der Waals surface area contributed by atoms with Crippen molar-refractivity contribution in [2.24, 2.45) is 0 Å². The van der Waals surface area contributed by atoms with Gasteiger partial charge in [-0.15, -0.1) is 0 Å². The van der Waals surface area contributed by atoms with Crippen LogP contribution in [0.3, 0.4) is 0 Å². The van der Waals surface area contributed by atoms with E-state index in [9.17, 15) is 21.6 Å². The fourth-order valence-electron chi connectivity index (χ4n) is 3.29. The van der Waals surface area contributed by atoms with E-state index in [1.807, 2.05) is 0 Å². The van der Waals surface area contributed by atoms with Gasteiger partial charge in [0.2, 0.25) is 5.95 Å². The van der Waals surface area contributed by atoms with Crippen molar-refractivity contribution < 1.29 is 26.3 Å². The maximum atomic E-state index is 13.7. The molecule has 0 aliphatic carbocycles. The van der Waals surface area contributed by atoms with Crippen LogP contribution >= 0.6 is 0 Å². The summed E-state index contributed by atoms with van der Waals surface area (Å²) in [5.41, 5.74) is 1.57. The average molecular weight is 411 g/mol. The van der Waals surface area contributed by atoms with E-state index in [0.29, 0.717) is 21.1 Å². The molecule has 1 unspecified atom stereocenters. The summed E-state index contributed by atoms with van der Waals surface area (Å²) < 4.78 is 74.2. The Labute approximate surface area is 159 Å². The summed E-state index contributed by atoms with van der Waals surface area (Å²) in [5, 5.41) is 0. The molecule has 2 aromatic carbocycles. The largest absolute Gasteiger partial charge is 0.497 e.